The number of amides is 1. The zero-order valence-electron chi connectivity index (χ0n) is 32.6. The molecule has 0 aromatic rings. The van der Waals surface area contributed by atoms with Crippen LogP contribution in [0.25, 0.3) is 0 Å². The molecule has 0 aromatic carbocycles. The molecule has 0 atom stereocenters. The van der Waals surface area contributed by atoms with Gasteiger partial charge in [-0.15, -0.1) is 0 Å². The van der Waals surface area contributed by atoms with Crippen molar-refractivity contribution in [1.29, 1.82) is 0 Å². The van der Waals surface area contributed by atoms with Gasteiger partial charge in [0.2, 0.25) is 5.91 Å². The van der Waals surface area contributed by atoms with Crippen molar-refractivity contribution in [2.75, 3.05) is 139 Å². The summed E-state index contributed by atoms with van der Waals surface area (Å²) in [5, 5.41) is 11.2. The Balaban J connectivity index is 3.08. The van der Waals surface area contributed by atoms with Crippen molar-refractivity contribution in [2.45, 2.75) is 96.8 Å². The van der Waals surface area contributed by atoms with Gasteiger partial charge in [-0.05, 0) is 12.8 Å². The largest absolute Gasteiger partial charge is 0.481 e. The van der Waals surface area contributed by atoms with Gasteiger partial charge in [-0.3, -0.25) is 9.59 Å². The fourth-order valence-electron chi connectivity index (χ4n) is 4.66. The van der Waals surface area contributed by atoms with Crippen LogP contribution in [0.3, 0.4) is 0 Å². The van der Waals surface area contributed by atoms with E-state index in [2.05, 4.69) is 12.2 Å². The normalized spacial score (nSPS) is 11.4. The quantitative estimate of drug-likeness (QED) is 0.0815. The Kier molecular flexibility index (Phi) is 44.4. The zero-order chi connectivity index (χ0) is 37.7. The molecule has 0 fully saturated rings. The van der Waals surface area contributed by atoms with Gasteiger partial charge in [-0.2, -0.15) is 0 Å². The summed E-state index contributed by atoms with van der Waals surface area (Å²) in [5.74, 6) is -1.24. The molecule has 0 rings (SSSR count). The number of hydrogen-bond acceptors (Lipinski definition) is 12. The van der Waals surface area contributed by atoms with E-state index in [-0.39, 0.29) is 18.7 Å². The smallest absolute Gasteiger partial charge is 0.303 e. The molecule has 14 nitrogen and oxygen atoms in total. The van der Waals surface area contributed by atoms with Crippen LogP contribution in [0.2, 0.25) is 0 Å². The second-order valence-electron chi connectivity index (χ2n) is 12.3. The van der Waals surface area contributed by atoms with Gasteiger partial charge < -0.3 is 57.8 Å². The molecule has 0 aliphatic carbocycles. The Morgan fingerprint density at radius 3 is 0.942 bits per heavy atom. The highest BCUT2D eigenvalue weighted by atomic mass is 16.6. The number of nitrogens with one attached hydrogen (secondary N) is 1. The molecule has 0 spiro atoms. The van der Waals surface area contributed by atoms with E-state index in [1.807, 2.05) is 0 Å². The van der Waals surface area contributed by atoms with Gasteiger partial charge in [-0.25, -0.2) is 0 Å². The molecule has 52 heavy (non-hydrogen) atoms. The molecular weight excluding hydrogens is 678 g/mol. The number of rotatable bonds is 46. The zero-order valence-corrected chi connectivity index (χ0v) is 32.6. The Labute approximate surface area is 314 Å². The first kappa shape index (κ1) is 50.5. The molecule has 0 aliphatic rings. The van der Waals surface area contributed by atoms with Gasteiger partial charge in [0, 0.05) is 26.2 Å². The molecule has 310 valence electrons. The summed E-state index contributed by atoms with van der Waals surface area (Å²) in [6.07, 6.45) is 15.3. The lowest BCUT2D eigenvalue weighted by Gasteiger charge is -2.09. The summed E-state index contributed by atoms with van der Waals surface area (Å²) in [7, 11) is 0. The highest BCUT2D eigenvalue weighted by molar-refractivity contribution is 5.80. The molecule has 14 heteroatoms. The highest BCUT2D eigenvalue weighted by Gasteiger charge is 2.04. The van der Waals surface area contributed by atoms with Crippen molar-refractivity contribution in [3.63, 3.8) is 0 Å². The van der Waals surface area contributed by atoms with E-state index >= 15 is 0 Å². The lowest BCUT2D eigenvalue weighted by atomic mass is 10.1. The molecule has 0 aromatic heterocycles. The van der Waals surface area contributed by atoms with Crippen LogP contribution in [0.4, 0.5) is 0 Å². The summed E-state index contributed by atoms with van der Waals surface area (Å²) in [4.78, 5) is 21.8. The average Bonchev–Trinajstić information content (AvgIpc) is 3.14. The third-order valence-electron chi connectivity index (χ3n) is 7.59. The number of carbonyl (C=O) groups is 2. The molecule has 0 saturated heterocycles. The van der Waals surface area contributed by atoms with Gasteiger partial charge in [0.15, 0.2) is 0 Å². The number of ether oxygens (including phenoxy) is 10. The molecule has 2 N–H and O–H groups in total. The lowest BCUT2D eigenvalue weighted by Crippen LogP contribution is -2.25. The minimum Gasteiger partial charge on any atom is -0.481 e. The maximum atomic E-state index is 11.4. The number of aliphatic carboxylic acids is 1. The summed E-state index contributed by atoms with van der Waals surface area (Å²) in [6, 6.07) is 0. The number of carbonyl (C=O) groups excluding carboxylic acids is 1. The topological polar surface area (TPSA) is 159 Å². The second kappa shape index (κ2) is 45.7. The predicted molar refractivity (Wildman–Crippen MR) is 199 cm³/mol. The van der Waals surface area contributed by atoms with Crippen LogP contribution in [0.1, 0.15) is 96.8 Å². The molecule has 0 bridgehead atoms. The Hall–Kier alpha value is -1.46. The van der Waals surface area contributed by atoms with Crippen LogP contribution in [0, 0.1) is 0 Å². The van der Waals surface area contributed by atoms with E-state index < -0.39 is 5.97 Å². The number of carboxylic acid groups (broad SMARTS) is 1. The van der Waals surface area contributed by atoms with E-state index in [4.69, 9.17) is 52.5 Å². The minimum absolute atomic E-state index is 0.00733. The molecule has 0 aliphatic heterocycles. The summed E-state index contributed by atoms with van der Waals surface area (Å²) in [5.41, 5.74) is 0. The Morgan fingerprint density at radius 1 is 0.365 bits per heavy atom. The predicted octanol–water partition coefficient (Wildman–Crippen LogP) is 4.83. The maximum Gasteiger partial charge on any atom is 0.303 e. The van der Waals surface area contributed by atoms with E-state index in [0.717, 1.165) is 13.0 Å². The fourth-order valence-corrected chi connectivity index (χ4v) is 4.66. The second-order valence-corrected chi connectivity index (χ2v) is 12.3. The summed E-state index contributed by atoms with van der Waals surface area (Å²) < 4.78 is 55.0. The summed E-state index contributed by atoms with van der Waals surface area (Å²) >= 11 is 0. The minimum atomic E-state index is -0.980. The Morgan fingerprint density at radius 2 is 0.635 bits per heavy atom. The van der Waals surface area contributed by atoms with Crippen LogP contribution in [0.5, 0.6) is 0 Å². The fraction of sp³-hybridized carbons (Fsp3) is 0.947. The van der Waals surface area contributed by atoms with Crippen LogP contribution < -0.4 is 5.32 Å². The van der Waals surface area contributed by atoms with Crippen molar-refractivity contribution < 1.29 is 62.1 Å². The first-order chi connectivity index (χ1) is 25.7. The van der Waals surface area contributed by atoms with Gasteiger partial charge in [0.05, 0.1) is 125 Å². The standard InChI is InChI=1S/C38H75NO13/c1-2-3-4-5-6-7-8-9-10-11-12-17-43-19-21-45-23-25-47-27-29-49-31-33-51-35-36-52-34-32-50-30-28-48-26-24-46-22-20-44-18-13-16-39-37(40)14-15-38(41)42/h2-36H2,1H3,(H,39,40)(H,41,42). The van der Waals surface area contributed by atoms with Crippen molar-refractivity contribution in [2.24, 2.45) is 0 Å². The van der Waals surface area contributed by atoms with Crippen molar-refractivity contribution >= 4 is 11.9 Å². The third-order valence-corrected chi connectivity index (χ3v) is 7.59. The van der Waals surface area contributed by atoms with E-state index in [0.29, 0.717) is 138 Å². The average molecular weight is 754 g/mol. The molecule has 1 amide bonds. The van der Waals surface area contributed by atoms with Gasteiger partial charge in [0.25, 0.3) is 0 Å². The van der Waals surface area contributed by atoms with E-state index in [1.165, 1.54) is 64.2 Å². The van der Waals surface area contributed by atoms with Crippen LogP contribution in [0.15, 0.2) is 0 Å². The van der Waals surface area contributed by atoms with Gasteiger partial charge in [-0.1, -0.05) is 71.1 Å². The van der Waals surface area contributed by atoms with Crippen LogP contribution >= 0.6 is 0 Å². The van der Waals surface area contributed by atoms with E-state index in [9.17, 15) is 9.59 Å². The maximum absolute atomic E-state index is 11.4. The van der Waals surface area contributed by atoms with Crippen molar-refractivity contribution in [3.05, 3.63) is 0 Å². The van der Waals surface area contributed by atoms with Crippen molar-refractivity contribution in [1.82, 2.24) is 5.32 Å². The number of carboxylic acids is 1. The monoisotopic (exact) mass is 754 g/mol. The highest BCUT2D eigenvalue weighted by Crippen LogP contribution is 2.11. The van der Waals surface area contributed by atoms with Crippen LogP contribution in [-0.4, -0.2) is 156 Å². The van der Waals surface area contributed by atoms with E-state index in [1.54, 1.807) is 0 Å². The first-order valence-electron chi connectivity index (χ1n) is 19.9. The SMILES string of the molecule is CCCCCCCCCCCCCOCCOCCOCCOCCOCCOCCOCCOCCOCCOCCCNC(=O)CCC(=O)O. The van der Waals surface area contributed by atoms with Gasteiger partial charge >= 0.3 is 5.97 Å². The molecule has 0 saturated carbocycles. The molecule has 0 heterocycles. The number of unbranched alkanes of at least 4 members (excludes halogenated alkanes) is 10. The first-order valence-corrected chi connectivity index (χ1v) is 19.9. The lowest BCUT2D eigenvalue weighted by molar-refractivity contribution is -0.138. The Bertz CT molecular complexity index is 720. The summed E-state index contributed by atoms with van der Waals surface area (Å²) in [6.45, 7) is 13.3. The van der Waals surface area contributed by atoms with Crippen molar-refractivity contribution in [3.8, 4) is 0 Å². The molecular formula is C38H75NO13. The molecule has 0 radical (unpaired) electrons. The molecule has 0 unspecified atom stereocenters. The third kappa shape index (κ3) is 46.6. The number of hydrogen-bond donors (Lipinski definition) is 2. The van der Waals surface area contributed by atoms with Crippen LogP contribution in [-0.2, 0) is 57.0 Å². The van der Waals surface area contributed by atoms with Gasteiger partial charge in [0.1, 0.15) is 0 Å².